The quantitative estimate of drug-likeness (QED) is 0.868. The van der Waals surface area contributed by atoms with Gasteiger partial charge in [0, 0.05) is 44.0 Å². The smallest absolute Gasteiger partial charge is 0.264 e. The van der Waals surface area contributed by atoms with Gasteiger partial charge in [0.2, 0.25) is 0 Å². The van der Waals surface area contributed by atoms with Crippen LogP contribution in [0.25, 0.3) is 10.1 Å². The summed E-state index contributed by atoms with van der Waals surface area (Å²) >= 11 is 1.56. The van der Waals surface area contributed by atoms with Crippen molar-refractivity contribution < 1.29 is 14.6 Å². The summed E-state index contributed by atoms with van der Waals surface area (Å²) in [5, 5.41) is 11.0. The molecule has 2 aromatic rings. The number of ether oxygens (including phenoxy) is 1. The number of hydrogen-bond acceptors (Lipinski definition) is 5. The van der Waals surface area contributed by atoms with Crippen molar-refractivity contribution in [3.63, 3.8) is 0 Å². The van der Waals surface area contributed by atoms with Gasteiger partial charge in [0.15, 0.2) is 0 Å². The zero-order valence-electron chi connectivity index (χ0n) is 14.0. The third-order valence-electron chi connectivity index (χ3n) is 4.28. The molecule has 1 saturated heterocycles. The Bertz CT molecular complexity index is 647. The molecule has 1 unspecified atom stereocenters. The first-order chi connectivity index (χ1) is 11.7. The minimum Gasteiger partial charge on any atom is -0.389 e. The molecule has 0 bridgehead atoms. The Morgan fingerprint density at radius 1 is 1.29 bits per heavy atom. The highest BCUT2D eigenvalue weighted by atomic mass is 32.1. The molecule has 1 aliphatic heterocycles. The maximum absolute atomic E-state index is 12.7. The van der Waals surface area contributed by atoms with Crippen molar-refractivity contribution in [2.24, 2.45) is 0 Å². The van der Waals surface area contributed by atoms with Crippen LogP contribution in [0.3, 0.4) is 0 Å². The average Bonchev–Trinajstić information content (AvgIpc) is 3.04. The van der Waals surface area contributed by atoms with E-state index in [1.807, 2.05) is 36.1 Å². The Hall–Kier alpha value is -1.47. The van der Waals surface area contributed by atoms with Crippen molar-refractivity contribution >= 4 is 27.3 Å². The molecule has 3 rings (SSSR count). The molecule has 1 amide bonds. The van der Waals surface area contributed by atoms with E-state index in [0.29, 0.717) is 32.8 Å². The van der Waals surface area contributed by atoms with Crippen LogP contribution in [0.2, 0.25) is 0 Å². The van der Waals surface area contributed by atoms with Crippen molar-refractivity contribution in [1.82, 2.24) is 9.80 Å². The number of thiophene rings is 1. The summed E-state index contributed by atoms with van der Waals surface area (Å²) in [7, 11) is 0. The van der Waals surface area contributed by atoms with Crippen LogP contribution in [0.4, 0.5) is 0 Å². The summed E-state index contributed by atoms with van der Waals surface area (Å²) in [5.41, 5.74) is 0. The Balaban J connectivity index is 1.53. The van der Waals surface area contributed by atoms with Crippen LogP contribution in [-0.4, -0.2) is 72.9 Å². The second-order valence-electron chi connectivity index (χ2n) is 6.05. The predicted octanol–water partition coefficient (Wildman–Crippen LogP) is 2.06. The summed E-state index contributed by atoms with van der Waals surface area (Å²) < 4.78 is 6.39. The molecular weight excluding hydrogens is 324 g/mol. The van der Waals surface area contributed by atoms with Crippen molar-refractivity contribution in [2.45, 2.75) is 13.0 Å². The van der Waals surface area contributed by atoms with E-state index >= 15 is 0 Å². The van der Waals surface area contributed by atoms with E-state index in [2.05, 4.69) is 11.0 Å². The van der Waals surface area contributed by atoms with Gasteiger partial charge in [-0.3, -0.25) is 9.69 Å². The lowest BCUT2D eigenvalue weighted by Crippen LogP contribution is -2.50. The van der Waals surface area contributed by atoms with Crippen LogP contribution in [0.15, 0.2) is 30.3 Å². The Morgan fingerprint density at radius 3 is 2.75 bits per heavy atom. The average molecular weight is 348 g/mol. The van der Waals surface area contributed by atoms with Crippen molar-refractivity contribution in [2.75, 3.05) is 45.9 Å². The predicted molar refractivity (Wildman–Crippen MR) is 96.7 cm³/mol. The number of β-amino-alcohol motifs (C(OH)–C–C–N with tert-alkyl or cyclic N) is 1. The number of carbonyl (C=O) groups excluding carboxylic acids is 1. The van der Waals surface area contributed by atoms with Crippen LogP contribution in [0.5, 0.6) is 0 Å². The maximum Gasteiger partial charge on any atom is 0.264 e. The van der Waals surface area contributed by atoms with Crippen LogP contribution < -0.4 is 0 Å². The zero-order chi connectivity index (χ0) is 16.9. The van der Waals surface area contributed by atoms with E-state index in [4.69, 9.17) is 4.74 Å². The highest BCUT2D eigenvalue weighted by molar-refractivity contribution is 7.20. The molecule has 0 aliphatic carbocycles. The first kappa shape index (κ1) is 17.4. The number of rotatable bonds is 6. The highest BCUT2D eigenvalue weighted by Crippen LogP contribution is 2.26. The fourth-order valence-electron chi connectivity index (χ4n) is 2.98. The zero-order valence-corrected chi connectivity index (χ0v) is 14.8. The Morgan fingerprint density at radius 2 is 2.04 bits per heavy atom. The van der Waals surface area contributed by atoms with Gasteiger partial charge in [-0.15, -0.1) is 11.3 Å². The summed E-state index contributed by atoms with van der Waals surface area (Å²) in [6.45, 7) is 6.50. The molecule has 130 valence electrons. The molecule has 1 atom stereocenters. The number of nitrogens with zero attached hydrogens (tertiary/aromatic N) is 2. The molecule has 1 aliphatic rings. The number of hydrogen-bond donors (Lipinski definition) is 1. The normalized spacial score (nSPS) is 17.3. The minimum atomic E-state index is -0.463. The number of carbonyl (C=O) groups is 1. The van der Waals surface area contributed by atoms with Gasteiger partial charge < -0.3 is 14.7 Å². The summed E-state index contributed by atoms with van der Waals surface area (Å²) in [4.78, 5) is 17.6. The standard InChI is InChI=1S/C18H24N2O3S/c1-2-23-13-15(21)12-19-7-9-20(10-8-19)18(22)17-11-14-5-3-4-6-16(14)24-17/h3-6,11,15,21H,2,7-10,12-13H2,1H3. The van der Waals surface area contributed by atoms with Gasteiger partial charge in [-0.1, -0.05) is 18.2 Å². The number of amides is 1. The van der Waals surface area contributed by atoms with Gasteiger partial charge in [-0.25, -0.2) is 0 Å². The second kappa shape index (κ2) is 8.07. The fraction of sp³-hybridized carbons (Fsp3) is 0.500. The van der Waals surface area contributed by atoms with E-state index in [0.717, 1.165) is 28.1 Å². The van der Waals surface area contributed by atoms with Gasteiger partial charge >= 0.3 is 0 Å². The monoisotopic (exact) mass is 348 g/mol. The summed E-state index contributed by atoms with van der Waals surface area (Å²) in [6.07, 6.45) is -0.463. The van der Waals surface area contributed by atoms with Gasteiger partial charge in [-0.05, 0) is 24.4 Å². The Kier molecular flexibility index (Phi) is 5.84. The second-order valence-corrected chi connectivity index (χ2v) is 7.14. The van der Waals surface area contributed by atoms with Crippen LogP contribution >= 0.6 is 11.3 Å². The van der Waals surface area contributed by atoms with E-state index in [1.54, 1.807) is 11.3 Å². The molecule has 1 N–H and O–H groups in total. The first-order valence-electron chi connectivity index (χ1n) is 8.43. The lowest BCUT2D eigenvalue weighted by atomic mass is 10.2. The molecule has 2 heterocycles. The third-order valence-corrected chi connectivity index (χ3v) is 5.38. The number of aliphatic hydroxyl groups excluding tert-OH is 1. The summed E-state index contributed by atoms with van der Waals surface area (Å²) in [6, 6.07) is 10.1. The van der Waals surface area contributed by atoms with Gasteiger partial charge in [0.25, 0.3) is 5.91 Å². The molecule has 0 saturated carbocycles. The fourth-order valence-corrected chi connectivity index (χ4v) is 4.01. The van der Waals surface area contributed by atoms with Crippen LogP contribution in [0, 0.1) is 0 Å². The van der Waals surface area contributed by atoms with Crippen molar-refractivity contribution in [3.05, 3.63) is 35.2 Å². The molecule has 0 radical (unpaired) electrons. The number of benzene rings is 1. The summed E-state index contributed by atoms with van der Waals surface area (Å²) in [5.74, 6) is 0.116. The Labute approximate surface area is 146 Å². The van der Waals surface area contributed by atoms with Gasteiger partial charge in [0.05, 0.1) is 17.6 Å². The first-order valence-corrected chi connectivity index (χ1v) is 9.25. The number of piperazine rings is 1. The van der Waals surface area contributed by atoms with Crippen molar-refractivity contribution in [1.29, 1.82) is 0 Å². The van der Waals surface area contributed by atoms with E-state index in [9.17, 15) is 9.90 Å². The van der Waals surface area contributed by atoms with Crippen LogP contribution in [0.1, 0.15) is 16.6 Å². The SMILES string of the molecule is CCOCC(O)CN1CCN(C(=O)c2cc3ccccc3s2)CC1. The molecule has 1 fully saturated rings. The molecular formula is C18H24N2O3S. The molecule has 1 aromatic heterocycles. The van der Waals surface area contributed by atoms with E-state index in [-0.39, 0.29) is 5.91 Å². The molecule has 1 aromatic carbocycles. The van der Waals surface area contributed by atoms with Crippen molar-refractivity contribution in [3.8, 4) is 0 Å². The van der Waals surface area contributed by atoms with Gasteiger partial charge in [-0.2, -0.15) is 0 Å². The van der Waals surface area contributed by atoms with E-state index in [1.165, 1.54) is 0 Å². The largest absolute Gasteiger partial charge is 0.389 e. The van der Waals surface area contributed by atoms with E-state index < -0.39 is 6.10 Å². The third kappa shape index (κ3) is 4.13. The molecule has 6 heteroatoms. The van der Waals surface area contributed by atoms with Gasteiger partial charge in [0.1, 0.15) is 0 Å². The lowest BCUT2D eigenvalue weighted by molar-refractivity contribution is 0.0112. The highest BCUT2D eigenvalue weighted by Gasteiger charge is 2.24. The van der Waals surface area contributed by atoms with Crippen LogP contribution in [-0.2, 0) is 4.74 Å². The number of aliphatic hydroxyl groups is 1. The molecule has 5 nitrogen and oxygen atoms in total. The maximum atomic E-state index is 12.7. The lowest BCUT2D eigenvalue weighted by Gasteiger charge is -2.35. The minimum absolute atomic E-state index is 0.116. The molecule has 24 heavy (non-hydrogen) atoms. The molecule has 0 spiro atoms. The topological polar surface area (TPSA) is 53.0 Å². The number of fused-ring (bicyclic) bond motifs is 1.